The number of rotatable bonds is 4. The van der Waals surface area contributed by atoms with Gasteiger partial charge < -0.3 is 9.80 Å². The van der Waals surface area contributed by atoms with E-state index in [0.29, 0.717) is 37.4 Å². The van der Waals surface area contributed by atoms with Gasteiger partial charge in [-0.3, -0.25) is 9.59 Å². The Bertz CT molecular complexity index is 1090. The van der Waals surface area contributed by atoms with Crippen LogP contribution in [0.3, 0.4) is 0 Å². The summed E-state index contributed by atoms with van der Waals surface area (Å²) in [4.78, 5) is 29.4. The highest BCUT2D eigenvalue weighted by molar-refractivity contribution is 5.95. The van der Waals surface area contributed by atoms with Gasteiger partial charge >= 0.3 is 0 Å². The molecular weight excluding hydrogens is 399 g/mol. The van der Waals surface area contributed by atoms with Gasteiger partial charge in [-0.15, -0.1) is 5.10 Å². The van der Waals surface area contributed by atoms with Crippen molar-refractivity contribution in [2.24, 2.45) is 5.92 Å². The van der Waals surface area contributed by atoms with E-state index in [2.05, 4.69) is 15.5 Å². The second-order valence-electron chi connectivity index (χ2n) is 7.92. The van der Waals surface area contributed by atoms with Crippen molar-refractivity contribution in [1.82, 2.24) is 30.0 Å². The number of tetrazole rings is 1. The predicted octanol–water partition coefficient (Wildman–Crippen LogP) is 1.89. The third-order valence-electron chi connectivity index (χ3n) is 5.99. The molecule has 2 aromatic carbocycles. The Morgan fingerprint density at radius 1 is 0.968 bits per heavy atom. The average molecular weight is 420 g/mol. The van der Waals surface area contributed by atoms with Crippen molar-refractivity contribution in [3.8, 4) is 5.69 Å². The Kier molecular flexibility index (Phi) is 4.93. The van der Waals surface area contributed by atoms with Crippen LogP contribution in [0.5, 0.6) is 0 Å². The molecule has 31 heavy (non-hydrogen) atoms. The highest BCUT2D eigenvalue weighted by Crippen LogP contribution is 2.48. The van der Waals surface area contributed by atoms with Crippen LogP contribution >= 0.6 is 0 Å². The lowest BCUT2D eigenvalue weighted by atomic mass is 10.1. The molecule has 1 aliphatic carbocycles. The minimum Gasteiger partial charge on any atom is -0.339 e. The van der Waals surface area contributed by atoms with Gasteiger partial charge in [0.25, 0.3) is 5.91 Å². The summed E-state index contributed by atoms with van der Waals surface area (Å²) in [7, 11) is 0. The van der Waals surface area contributed by atoms with Crippen molar-refractivity contribution in [1.29, 1.82) is 0 Å². The molecule has 0 N–H and O–H groups in total. The summed E-state index contributed by atoms with van der Waals surface area (Å²) in [6.07, 6.45) is 2.28. The molecule has 1 saturated carbocycles. The predicted molar refractivity (Wildman–Crippen MR) is 109 cm³/mol. The van der Waals surface area contributed by atoms with Gasteiger partial charge in [-0.2, -0.15) is 0 Å². The number of amides is 2. The van der Waals surface area contributed by atoms with Gasteiger partial charge in [0.05, 0.1) is 5.69 Å². The van der Waals surface area contributed by atoms with Crippen LogP contribution in [-0.2, 0) is 4.79 Å². The van der Waals surface area contributed by atoms with Gasteiger partial charge in [0.2, 0.25) is 5.91 Å². The van der Waals surface area contributed by atoms with E-state index >= 15 is 0 Å². The van der Waals surface area contributed by atoms with Gasteiger partial charge in [-0.25, -0.2) is 9.07 Å². The molecule has 1 saturated heterocycles. The zero-order valence-electron chi connectivity index (χ0n) is 16.8. The van der Waals surface area contributed by atoms with E-state index in [1.165, 1.54) is 23.1 Å². The molecule has 8 nitrogen and oxygen atoms in total. The minimum absolute atomic E-state index is 0.0410. The molecule has 2 fully saturated rings. The van der Waals surface area contributed by atoms with Crippen molar-refractivity contribution < 1.29 is 14.0 Å². The van der Waals surface area contributed by atoms with Crippen LogP contribution in [0, 0.1) is 11.7 Å². The smallest absolute Gasteiger partial charge is 0.254 e. The van der Waals surface area contributed by atoms with Crippen LogP contribution in [0.1, 0.15) is 28.3 Å². The molecule has 2 amide bonds. The summed E-state index contributed by atoms with van der Waals surface area (Å²) < 4.78 is 14.6. The molecule has 1 aliphatic heterocycles. The third-order valence-corrected chi connectivity index (χ3v) is 5.99. The van der Waals surface area contributed by atoms with E-state index in [1.54, 1.807) is 35.2 Å². The number of piperazine rings is 1. The summed E-state index contributed by atoms with van der Waals surface area (Å²) in [6, 6.07) is 13.5. The van der Waals surface area contributed by atoms with Crippen LogP contribution in [0.4, 0.5) is 4.39 Å². The molecule has 5 rings (SSSR count). The maximum absolute atomic E-state index is 13.1. The van der Waals surface area contributed by atoms with E-state index in [4.69, 9.17) is 0 Å². The lowest BCUT2D eigenvalue weighted by Gasteiger charge is -2.35. The molecule has 3 aromatic rings. The van der Waals surface area contributed by atoms with Crippen molar-refractivity contribution in [2.45, 2.75) is 12.3 Å². The fraction of sp³-hybridized carbons (Fsp3) is 0.318. The van der Waals surface area contributed by atoms with Gasteiger partial charge in [0.15, 0.2) is 0 Å². The van der Waals surface area contributed by atoms with Crippen molar-refractivity contribution in [3.05, 3.63) is 71.8 Å². The molecular formula is C22H21FN6O2. The first-order valence-electron chi connectivity index (χ1n) is 10.3. The summed E-state index contributed by atoms with van der Waals surface area (Å²) in [5.41, 5.74) is 2.28. The lowest BCUT2D eigenvalue weighted by Crippen LogP contribution is -2.51. The molecule has 158 valence electrons. The van der Waals surface area contributed by atoms with Crippen LogP contribution in [-0.4, -0.2) is 68.0 Å². The van der Waals surface area contributed by atoms with Gasteiger partial charge in [-0.1, -0.05) is 18.2 Å². The lowest BCUT2D eigenvalue weighted by molar-refractivity contribution is -0.134. The van der Waals surface area contributed by atoms with Gasteiger partial charge in [0, 0.05) is 37.7 Å². The topological polar surface area (TPSA) is 84.2 Å². The van der Waals surface area contributed by atoms with E-state index in [9.17, 15) is 14.0 Å². The summed E-state index contributed by atoms with van der Waals surface area (Å²) in [5, 5.41) is 11.1. The molecule has 0 spiro atoms. The number of carbonyl (C=O) groups is 2. The minimum atomic E-state index is -0.267. The average Bonchev–Trinajstić information content (AvgIpc) is 3.42. The van der Waals surface area contributed by atoms with Crippen LogP contribution in [0.2, 0.25) is 0 Å². The zero-order valence-corrected chi connectivity index (χ0v) is 16.8. The largest absolute Gasteiger partial charge is 0.339 e. The number of hydrogen-bond acceptors (Lipinski definition) is 5. The second-order valence-corrected chi connectivity index (χ2v) is 7.92. The highest BCUT2D eigenvalue weighted by Gasteiger charge is 2.46. The standard InChI is InChI=1S/C22H21FN6O2/c23-17-6-4-15(5-7-17)19-13-20(19)22(31)28-10-8-27(9-11-28)21(30)16-2-1-3-18(12-16)29-14-24-25-26-29/h1-7,12,14,19-20H,8-11,13H2/t19-,20+/m0/s1. The molecule has 0 radical (unpaired) electrons. The molecule has 0 unspecified atom stereocenters. The summed E-state index contributed by atoms with van der Waals surface area (Å²) >= 11 is 0. The normalized spacial score (nSPS) is 20.5. The van der Waals surface area contributed by atoms with E-state index in [-0.39, 0.29) is 29.5 Å². The Hall–Kier alpha value is -3.62. The third kappa shape index (κ3) is 3.90. The molecule has 2 atom stereocenters. The fourth-order valence-corrected chi connectivity index (χ4v) is 4.15. The number of benzene rings is 2. The maximum atomic E-state index is 13.1. The molecule has 1 aromatic heterocycles. The summed E-state index contributed by atoms with van der Waals surface area (Å²) in [6.45, 7) is 2.02. The Morgan fingerprint density at radius 3 is 2.42 bits per heavy atom. The van der Waals surface area contributed by atoms with E-state index < -0.39 is 0 Å². The number of nitrogens with zero attached hydrogens (tertiary/aromatic N) is 6. The quantitative estimate of drug-likeness (QED) is 0.644. The van der Waals surface area contributed by atoms with Crippen LogP contribution in [0.25, 0.3) is 5.69 Å². The number of hydrogen-bond donors (Lipinski definition) is 0. The van der Waals surface area contributed by atoms with Crippen molar-refractivity contribution >= 4 is 11.8 Å². The Morgan fingerprint density at radius 2 is 1.71 bits per heavy atom. The number of carbonyl (C=O) groups excluding carboxylic acids is 2. The zero-order chi connectivity index (χ0) is 21.4. The highest BCUT2D eigenvalue weighted by atomic mass is 19.1. The molecule has 9 heteroatoms. The first-order valence-corrected chi connectivity index (χ1v) is 10.3. The molecule has 0 bridgehead atoms. The first-order chi connectivity index (χ1) is 15.1. The monoisotopic (exact) mass is 420 g/mol. The Balaban J connectivity index is 1.18. The van der Waals surface area contributed by atoms with Gasteiger partial charge in [-0.05, 0) is 58.7 Å². The van der Waals surface area contributed by atoms with Crippen LogP contribution < -0.4 is 0 Å². The summed E-state index contributed by atoms with van der Waals surface area (Å²) in [5.74, 6) is -0.0845. The van der Waals surface area contributed by atoms with E-state index in [1.807, 2.05) is 11.0 Å². The number of aromatic nitrogens is 4. The van der Waals surface area contributed by atoms with Gasteiger partial charge in [0.1, 0.15) is 12.1 Å². The molecule has 2 heterocycles. The Labute approximate surface area is 178 Å². The van der Waals surface area contributed by atoms with Crippen molar-refractivity contribution in [3.63, 3.8) is 0 Å². The van der Waals surface area contributed by atoms with Crippen LogP contribution in [0.15, 0.2) is 54.9 Å². The fourth-order valence-electron chi connectivity index (χ4n) is 4.15. The maximum Gasteiger partial charge on any atom is 0.254 e. The SMILES string of the molecule is O=C(c1cccc(-n2cnnn2)c1)N1CCN(C(=O)[C@@H]2C[C@H]2c2ccc(F)cc2)CC1. The first kappa shape index (κ1) is 19.3. The second kappa shape index (κ2) is 7.90. The molecule has 2 aliphatic rings. The van der Waals surface area contributed by atoms with Crippen molar-refractivity contribution in [2.75, 3.05) is 26.2 Å². The number of halogens is 1. The van der Waals surface area contributed by atoms with E-state index in [0.717, 1.165) is 12.0 Å².